The molecule has 0 saturated carbocycles. The van der Waals surface area contributed by atoms with Gasteiger partial charge in [0, 0.05) is 6.42 Å². The van der Waals surface area contributed by atoms with Gasteiger partial charge in [0.05, 0.1) is 13.2 Å². The summed E-state index contributed by atoms with van der Waals surface area (Å²) in [5, 5.41) is 21.2. The number of methoxy groups -OCH3 is 1. The van der Waals surface area contributed by atoms with Crippen LogP contribution in [0.5, 0.6) is 0 Å². The van der Waals surface area contributed by atoms with Gasteiger partial charge in [0.25, 0.3) is 0 Å². The van der Waals surface area contributed by atoms with Crippen molar-refractivity contribution >= 4 is 11.9 Å². The van der Waals surface area contributed by atoms with Gasteiger partial charge in [0.15, 0.2) is 0 Å². The highest BCUT2D eigenvalue weighted by atomic mass is 16.5. The SMILES string of the molecule is CN[C@H](C(=O)O)[C@H](O)[C@H](C)CCCC(=O)OC. The number of carbonyl (C=O) groups is 2. The quantitative estimate of drug-likeness (QED) is 0.522. The fraction of sp³-hybridized carbons (Fsp3) is 0.818. The van der Waals surface area contributed by atoms with Crippen LogP contribution in [0.4, 0.5) is 0 Å². The molecule has 3 atom stereocenters. The molecule has 0 heterocycles. The Hall–Kier alpha value is -1.14. The topological polar surface area (TPSA) is 95.9 Å². The number of carboxylic acid groups (broad SMARTS) is 1. The Morgan fingerprint density at radius 1 is 1.41 bits per heavy atom. The summed E-state index contributed by atoms with van der Waals surface area (Å²) in [5.41, 5.74) is 0. The van der Waals surface area contributed by atoms with Crippen molar-refractivity contribution in [2.24, 2.45) is 5.92 Å². The van der Waals surface area contributed by atoms with E-state index in [9.17, 15) is 14.7 Å². The fourth-order valence-electron chi connectivity index (χ4n) is 1.61. The Bertz CT molecular complexity index is 256. The smallest absolute Gasteiger partial charge is 0.323 e. The second-order valence-electron chi connectivity index (χ2n) is 4.04. The summed E-state index contributed by atoms with van der Waals surface area (Å²) in [6.07, 6.45) is 0.447. The molecule has 17 heavy (non-hydrogen) atoms. The highest BCUT2D eigenvalue weighted by Crippen LogP contribution is 2.15. The summed E-state index contributed by atoms with van der Waals surface area (Å²) >= 11 is 0. The molecule has 100 valence electrons. The van der Waals surface area contributed by atoms with Crippen LogP contribution in [0.25, 0.3) is 0 Å². The number of carbonyl (C=O) groups excluding carboxylic acids is 1. The summed E-state index contributed by atoms with van der Waals surface area (Å²) in [5.74, 6) is -1.58. The number of hydrogen-bond acceptors (Lipinski definition) is 5. The Morgan fingerprint density at radius 2 is 2.00 bits per heavy atom. The van der Waals surface area contributed by atoms with Crippen LogP contribution in [0.1, 0.15) is 26.2 Å². The van der Waals surface area contributed by atoms with Crippen LogP contribution in [-0.2, 0) is 14.3 Å². The molecular weight excluding hydrogens is 226 g/mol. The minimum Gasteiger partial charge on any atom is -0.480 e. The van der Waals surface area contributed by atoms with E-state index in [4.69, 9.17) is 5.11 Å². The molecule has 0 bridgehead atoms. The molecule has 3 N–H and O–H groups in total. The van der Waals surface area contributed by atoms with Crippen molar-refractivity contribution in [2.75, 3.05) is 14.2 Å². The zero-order chi connectivity index (χ0) is 13.4. The van der Waals surface area contributed by atoms with E-state index in [-0.39, 0.29) is 18.3 Å². The molecule has 0 amide bonds. The van der Waals surface area contributed by atoms with Crippen molar-refractivity contribution in [3.63, 3.8) is 0 Å². The molecule has 0 unspecified atom stereocenters. The number of aliphatic hydroxyl groups is 1. The second-order valence-corrected chi connectivity index (χ2v) is 4.04. The van der Waals surface area contributed by atoms with E-state index in [0.29, 0.717) is 12.8 Å². The third-order valence-electron chi connectivity index (χ3n) is 2.77. The summed E-state index contributed by atoms with van der Waals surface area (Å²) in [7, 11) is 2.81. The molecule has 0 aliphatic rings. The lowest BCUT2D eigenvalue weighted by Crippen LogP contribution is -2.47. The summed E-state index contributed by atoms with van der Waals surface area (Å²) in [4.78, 5) is 21.7. The summed E-state index contributed by atoms with van der Waals surface area (Å²) < 4.78 is 4.49. The molecule has 6 heteroatoms. The Labute approximate surface area is 101 Å². The monoisotopic (exact) mass is 247 g/mol. The van der Waals surface area contributed by atoms with E-state index < -0.39 is 18.1 Å². The Balaban J connectivity index is 4.08. The summed E-state index contributed by atoms with van der Waals surface area (Å²) in [6, 6.07) is -0.983. The second kappa shape index (κ2) is 8.03. The first-order valence-corrected chi connectivity index (χ1v) is 5.59. The van der Waals surface area contributed by atoms with Crippen LogP contribution in [0, 0.1) is 5.92 Å². The van der Waals surface area contributed by atoms with E-state index in [2.05, 4.69) is 10.1 Å². The van der Waals surface area contributed by atoms with Crippen LogP contribution >= 0.6 is 0 Å². The predicted octanol–water partition coefficient (Wildman–Crippen LogP) is -0.000700. The molecule has 0 saturated heterocycles. The largest absolute Gasteiger partial charge is 0.480 e. The standard InChI is InChI=1S/C11H21NO5/c1-7(5-4-6-8(13)17-3)10(14)9(12-2)11(15)16/h7,9-10,12,14H,4-6H2,1-3H3,(H,15,16)/t7-,9+,10-/m1/s1. The van der Waals surface area contributed by atoms with Crippen LogP contribution < -0.4 is 5.32 Å². The van der Waals surface area contributed by atoms with Crippen molar-refractivity contribution in [3.05, 3.63) is 0 Å². The maximum absolute atomic E-state index is 10.9. The van der Waals surface area contributed by atoms with Gasteiger partial charge in [0.2, 0.25) is 0 Å². The van der Waals surface area contributed by atoms with Crippen molar-refractivity contribution in [1.82, 2.24) is 5.32 Å². The third-order valence-corrected chi connectivity index (χ3v) is 2.77. The molecule has 6 nitrogen and oxygen atoms in total. The van der Waals surface area contributed by atoms with Crippen LogP contribution in [0.3, 0.4) is 0 Å². The molecule has 0 aliphatic carbocycles. The number of rotatable bonds is 8. The molecule has 0 aromatic rings. The lowest BCUT2D eigenvalue weighted by Gasteiger charge is -2.24. The van der Waals surface area contributed by atoms with Gasteiger partial charge in [-0.25, -0.2) is 0 Å². The zero-order valence-corrected chi connectivity index (χ0v) is 10.5. The highest BCUT2D eigenvalue weighted by Gasteiger charge is 2.28. The molecule has 0 rings (SSSR count). The van der Waals surface area contributed by atoms with Gasteiger partial charge in [-0.15, -0.1) is 0 Å². The van der Waals surface area contributed by atoms with E-state index in [1.165, 1.54) is 14.2 Å². The van der Waals surface area contributed by atoms with Crippen LogP contribution in [0.15, 0.2) is 0 Å². The van der Waals surface area contributed by atoms with Crippen molar-refractivity contribution in [1.29, 1.82) is 0 Å². The van der Waals surface area contributed by atoms with E-state index in [1.54, 1.807) is 6.92 Å². The molecule has 0 aliphatic heterocycles. The minimum atomic E-state index is -1.08. The molecule has 0 fully saturated rings. The Kier molecular flexibility index (Phi) is 7.49. The van der Waals surface area contributed by atoms with E-state index in [1.807, 2.05) is 0 Å². The molecule has 0 spiro atoms. The average molecular weight is 247 g/mol. The van der Waals surface area contributed by atoms with Gasteiger partial charge in [-0.05, 0) is 25.8 Å². The maximum atomic E-state index is 10.9. The lowest BCUT2D eigenvalue weighted by atomic mass is 9.93. The minimum absolute atomic E-state index is 0.201. The summed E-state index contributed by atoms with van der Waals surface area (Å²) in [6.45, 7) is 1.76. The lowest BCUT2D eigenvalue weighted by molar-refractivity contribution is -0.144. The first kappa shape index (κ1) is 15.9. The Morgan fingerprint density at radius 3 is 2.41 bits per heavy atom. The van der Waals surface area contributed by atoms with Crippen LogP contribution in [0.2, 0.25) is 0 Å². The average Bonchev–Trinajstić information content (AvgIpc) is 2.28. The van der Waals surface area contributed by atoms with Crippen molar-refractivity contribution in [2.45, 2.75) is 38.3 Å². The first-order chi connectivity index (χ1) is 7.93. The molecular formula is C11H21NO5. The van der Waals surface area contributed by atoms with Crippen LogP contribution in [-0.4, -0.2) is 48.5 Å². The van der Waals surface area contributed by atoms with Gasteiger partial charge in [-0.1, -0.05) is 6.92 Å². The number of hydrogen-bond donors (Lipinski definition) is 3. The normalized spacial score (nSPS) is 16.0. The van der Waals surface area contributed by atoms with Crippen molar-refractivity contribution < 1.29 is 24.5 Å². The number of ether oxygens (including phenoxy) is 1. The predicted molar refractivity (Wildman–Crippen MR) is 61.5 cm³/mol. The van der Waals surface area contributed by atoms with Gasteiger partial charge in [0.1, 0.15) is 6.04 Å². The third kappa shape index (κ3) is 5.65. The number of carboxylic acids is 1. The highest BCUT2D eigenvalue weighted by molar-refractivity contribution is 5.74. The number of aliphatic hydroxyl groups excluding tert-OH is 1. The van der Waals surface area contributed by atoms with Gasteiger partial charge in [-0.2, -0.15) is 0 Å². The van der Waals surface area contributed by atoms with E-state index in [0.717, 1.165) is 0 Å². The fourth-order valence-corrected chi connectivity index (χ4v) is 1.61. The zero-order valence-electron chi connectivity index (χ0n) is 10.5. The number of nitrogens with one attached hydrogen (secondary N) is 1. The molecule has 0 radical (unpaired) electrons. The molecule has 0 aromatic carbocycles. The van der Waals surface area contributed by atoms with Gasteiger partial charge in [-0.3, -0.25) is 9.59 Å². The maximum Gasteiger partial charge on any atom is 0.323 e. The first-order valence-electron chi connectivity index (χ1n) is 5.59. The van der Waals surface area contributed by atoms with Crippen molar-refractivity contribution in [3.8, 4) is 0 Å². The number of likely N-dealkylation sites (N-methyl/N-ethyl adjacent to an activating group) is 1. The van der Waals surface area contributed by atoms with Gasteiger partial charge >= 0.3 is 11.9 Å². The van der Waals surface area contributed by atoms with E-state index >= 15 is 0 Å². The van der Waals surface area contributed by atoms with Gasteiger partial charge < -0.3 is 20.3 Å². The number of esters is 1. The number of aliphatic carboxylic acids is 1. The molecule has 0 aromatic heterocycles.